The van der Waals surface area contributed by atoms with Crippen LogP contribution >= 0.6 is 11.6 Å². The number of nitrogens with zero attached hydrogens (tertiary/aromatic N) is 3. The summed E-state index contributed by atoms with van der Waals surface area (Å²) in [5.41, 5.74) is 1.75. The Labute approximate surface area is 189 Å². The van der Waals surface area contributed by atoms with Crippen LogP contribution in [0.2, 0.25) is 5.02 Å². The molecule has 32 heavy (non-hydrogen) atoms. The van der Waals surface area contributed by atoms with E-state index >= 15 is 0 Å². The van der Waals surface area contributed by atoms with Crippen LogP contribution in [0.1, 0.15) is 23.2 Å². The zero-order chi connectivity index (χ0) is 22.3. The molecule has 4 aromatic rings. The lowest BCUT2D eigenvalue weighted by atomic mass is 10.2. The summed E-state index contributed by atoms with van der Waals surface area (Å²) in [5.74, 6) is 1.04. The maximum atomic E-state index is 12.7. The number of hydrogen-bond acceptors (Lipinski definition) is 8. The number of carbonyl (C=O) groups excluding carboxylic acids is 1. The maximum Gasteiger partial charge on any atom is 0.342 e. The van der Waals surface area contributed by atoms with E-state index in [0.29, 0.717) is 28.9 Å². The minimum Gasteiger partial charge on any atom is -0.494 e. The molecule has 0 unspecified atom stereocenters. The molecule has 0 atom stereocenters. The van der Waals surface area contributed by atoms with Crippen molar-refractivity contribution in [3.8, 4) is 17.2 Å². The highest BCUT2D eigenvalue weighted by Crippen LogP contribution is 2.23. The van der Waals surface area contributed by atoms with Crippen LogP contribution in [0.4, 0.5) is 11.5 Å². The zero-order valence-electron chi connectivity index (χ0n) is 17.1. The van der Waals surface area contributed by atoms with E-state index in [0.717, 1.165) is 11.4 Å². The quantitative estimate of drug-likeness (QED) is 0.362. The summed E-state index contributed by atoms with van der Waals surface area (Å²) < 4.78 is 16.4. The van der Waals surface area contributed by atoms with Crippen LogP contribution in [0, 0.1) is 0 Å². The molecule has 0 spiro atoms. The molecule has 0 aliphatic carbocycles. The van der Waals surface area contributed by atoms with E-state index in [1.54, 1.807) is 42.6 Å². The number of esters is 1. The molecule has 2 aromatic heterocycles. The molecule has 0 radical (unpaired) electrons. The SMILES string of the molecule is CCOc1ccc(Nc2ncccc2C(=O)OCc2nnc(-c3ccc(Cl)cc3)o2)cc1. The van der Waals surface area contributed by atoms with Gasteiger partial charge in [-0.15, -0.1) is 10.2 Å². The van der Waals surface area contributed by atoms with Gasteiger partial charge in [-0.1, -0.05) is 11.6 Å². The van der Waals surface area contributed by atoms with Crippen LogP contribution in [0.25, 0.3) is 11.5 Å². The first-order chi connectivity index (χ1) is 15.6. The van der Waals surface area contributed by atoms with Gasteiger partial charge in [-0.2, -0.15) is 0 Å². The van der Waals surface area contributed by atoms with Crippen molar-refractivity contribution in [1.82, 2.24) is 15.2 Å². The molecule has 0 amide bonds. The first kappa shape index (κ1) is 21.3. The van der Waals surface area contributed by atoms with Crippen molar-refractivity contribution in [3.63, 3.8) is 0 Å². The van der Waals surface area contributed by atoms with Crippen LogP contribution in [0.3, 0.4) is 0 Å². The van der Waals surface area contributed by atoms with Gasteiger partial charge in [-0.3, -0.25) is 0 Å². The molecule has 0 saturated carbocycles. The zero-order valence-corrected chi connectivity index (χ0v) is 17.9. The highest BCUT2D eigenvalue weighted by atomic mass is 35.5. The first-order valence-corrected chi connectivity index (χ1v) is 10.2. The summed E-state index contributed by atoms with van der Waals surface area (Å²) in [5, 5.41) is 11.6. The Morgan fingerprint density at radius 3 is 2.59 bits per heavy atom. The van der Waals surface area contributed by atoms with Gasteiger partial charge in [0.1, 0.15) is 17.1 Å². The fourth-order valence-electron chi connectivity index (χ4n) is 2.83. The molecular formula is C23H19ClN4O4. The molecule has 2 heterocycles. The van der Waals surface area contributed by atoms with Gasteiger partial charge in [-0.25, -0.2) is 9.78 Å². The minimum atomic E-state index is -0.572. The molecule has 9 heteroatoms. The van der Waals surface area contributed by atoms with E-state index in [2.05, 4.69) is 20.5 Å². The predicted octanol–water partition coefficient (Wildman–Crippen LogP) is 5.28. The second kappa shape index (κ2) is 9.93. The Kier molecular flexibility index (Phi) is 6.62. The summed E-state index contributed by atoms with van der Waals surface area (Å²) in [4.78, 5) is 16.9. The average Bonchev–Trinajstić information content (AvgIpc) is 3.29. The highest BCUT2D eigenvalue weighted by Gasteiger charge is 2.16. The van der Waals surface area contributed by atoms with E-state index in [1.807, 2.05) is 31.2 Å². The predicted molar refractivity (Wildman–Crippen MR) is 119 cm³/mol. The van der Waals surface area contributed by atoms with Gasteiger partial charge in [0.15, 0.2) is 6.61 Å². The van der Waals surface area contributed by atoms with Gasteiger partial charge in [0, 0.05) is 22.5 Å². The van der Waals surface area contributed by atoms with Gasteiger partial charge in [-0.05, 0) is 67.6 Å². The van der Waals surface area contributed by atoms with Crippen LogP contribution < -0.4 is 10.1 Å². The van der Waals surface area contributed by atoms with Crippen LogP contribution in [-0.4, -0.2) is 27.8 Å². The lowest BCUT2D eigenvalue weighted by molar-refractivity contribution is 0.0439. The summed E-state index contributed by atoms with van der Waals surface area (Å²) in [7, 11) is 0. The van der Waals surface area contributed by atoms with Crippen molar-refractivity contribution in [1.29, 1.82) is 0 Å². The van der Waals surface area contributed by atoms with Crippen molar-refractivity contribution in [3.05, 3.63) is 83.3 Å². The molecule has 0 fully saturated rings. The summed E-state index contributed by atoms with van der Waals surface area (Å²) >= 11 is 5.89. The van der Waals surface area contributed by atoms with Gasteiger partial charge in [0.2, 0.25) is 5.89 Å². The average molecular weight is 451 g/mol. The molecular weight excluding hydrogens is 432 g/mol. The molecule has 2 aromatic carbocycles. The molecule has 8 nitrogen and oxygen atoms in total. The maximum absolute atomic E-state index is 12.7. The normalized spacial score (nSPS) is 10.6. The Morgan fingerprint density at radius 1 is 1.06 bits per heavy atom. The van der Waals surface area contributed by atoms with Crippen LogP contribution in [0.5, 0.6) is 5.75 Å². The topological polar surface area (TPSA) is 99.4 Å². The Morgan fingerprint density at radius 2 is 1.84 bits per heavy atom. The lowest BCUT2D eigenvalue weighted by Crippen LogP contribution is -2.09. The molecule has 0 saturated heterocycles. The number of pyridine rings is 1. The largest absolute Gasteiger partial charge is 0.494 e. The standard InChI is InChI=1S/C23H19ClN4O4/c1-2-30-18-11-9-17(10-12-18)26-21-19(4-3-13-25-21)23(29)31-14-20-27-28-22(32-20)15-5-7-16(24)8-6-15/h3-13H,2,14H2,1H3,(H,25,26). The van der Waals surface area contributed by atoms with Crippen molar-refractivity contribution >= 4 is 29.1 Å². The van der Waals surface area contributed by atoms with E-state index in [-0.39, 0.29) is 18.1 Å². The van der Waals surface area contributed by atoms with E-state index in [1.165, 1.54) is 0 Å². The van der Waals surface area contributed by atoms with E-state index < -0.39 is 5.97 Å². The number of nitrogens with one attached hydrogen (secondary N) is 1. The molecule has 0 aliphatic heterocycles. The van der Waals surface area contributed by atoms with E-state index in [9.17, 15) is 4.79 Å². The minimum absolute atomic E-state index is 0.170. The van der Waals surface area contributed by atoms with Crippen molar-refractivity contribution in [2.24, 2.45) is 0 Å². The first-order valence-electron chi connectivity index (χ1n) is 9.82. The summed E-state index contributed by atoms with van der Waals surface area (Å²) in [6.07, 6.45) is 1.59. The number of halogens is 1. The third-order valence-electron chi connectivity index (χ3n) is 4.34. The van der Waals surface area contributed by atoms with Gasteiger partial charge >= 0.3 is 5.97 Å². The third kappa shape index (κ3) is 5.22. The van der Waals surface area contributed by atoms with Crippen molar-refractivity contribution in [2.75, 3.05) is 11.9 Å². The number of benzene rings is 2. The fourth-order valence-corrected chi connectivity index (χ4v) is 2.96. The molecule has 162 valence electrons. The number of hydrogen-bond donors (Lipinski definition) is 1. The number of rotatable bonds is 8. The van der Waals surface area contributed by atoms with Gasteiger partial charge in [0.25, 0.3) is 5.89 Å². The lowest BCUT2D eigenvalue weighted by Gasteiger charge is -2.11. The molecule has 1 N–H and O–H groups in total. The third-order valence-corrected chi connectivity index (χ3v) is 4.59. The second-order valence-corrected chi connectivity index (χ2v) is 7.00. The number of aromatic nitrogens is 3. The summed E-state index contributed by atoms with van der Waals surface area (Å²) in [6.45, 7) is 2.34. The number of anilines is 2. The van der Waals surface area contributed by atoms with Gasteiger partial charge in [0.05, 0.1) is 6.61 Å². The monoisotopic (exact) mass is 450 g/mol. The molecule has 4 rings (SSSR count). The number of ether oxygens (including phenoxy) is 2. The summed E-state index contributed by atoms with van der Waals surface area (Å²) in [6, 6.07) is 17.6. The smallest absolute Gasteiger partial charge is 0.342 e. The Balaban J connectivity index is 1.41. The van der Waals surface area contributed by atoms with Crippen LogP contribution in [-0.2, 0) is 11.3 Å². The van der Waals surface area contributed by atoms with Crippen molar-refractivity contribution < 1.29 is 18.7 Å². The van der Waals surface area contributed by atoms with Crippen LogP contribution in [0.15, 0.2) is 71.3 Å². The molecule has 0 bridgehead atoms. The van der Waals surface area contributed by atoms with E-state index in [4.69, 9.17) is 25.5 Å². The molecule has 0 aliphatic rings. The fraction of sp³-hybridized carbons (Fsp3) is 0.130. The number of carbonyl (C=O) groups is 1. The Hall–Kier alpha value is -3.91. The van der Waals surface area contributed by atoms with Gasteiger partial charge < -0.3 is 19.2 Å². The Bertz CT molecular complexity index is 1190. The highest BCUT2D eigenvalue weighted by molar-refractivity contribution is 6.30. The second-order valence-electron chi connectivity index (χ2n) is 6.57. The van der Waals surface area contributed by atoms with Crippen molar-refractivity contribution in [2.45, 2.75) is 13.5 Å².